The van der Waals surface area contributed by atoms with Gasteiger partial charge in [-0.1, -0.05) is 17.8 Å². The maximum absolute atomic E-state index is 12.7. The zero-order valence-electron chi connectivity index (χ0n) is 16.5. The van der Waals surface area contributed by atoms with Crippen molar-refractivity contribution in [2.24, 2.45) is 0 Å². The summed E-state index contributed by atoms with van der Waals surface area (Å²) in [6.07, 6.45) is -1.42. The second kappa shape index (κ2) is 9.50. The van der Waals surface area contributed by atoms with E-state index in [-0.39, 0.29) is 22.4 Å². The molecule has 1 saturated heterocycles. The van der Waals surface area contributed by atoms with Gasteiger partial charge in [-0.2, -0.15) is 0 Å². The molecule has 0 saturated carbocycles. The third-order valence-electron chi connectivity index (χ3n) is 4.77. The van der Waals surface area contributed by atoms with Crippen LogP contribution >= 0.6 is 34.9 Å². The highest BCUT2D eigenvalue weighted by molar-refractivity contribution is 8.01. The van der Waals surface area contributed by atoms with Crippen molar-refractivity contribution >= 4 is 58.6 Å². The molecule has 0 bridgehead atoms. The molecule has 2 aliphatic rings. The number of amides is 2. The van der Waals surface area contributed by atoms with E-state index in [0.717, 1.165) is 21.3 Å². The van der Waals surface area contributed by atoms with Crippen LogP contribution in [0.2, 0.25) is 0 Å². The molecule has 13 nitrogen and oxygen atoms in total. The van der Waals surface area contributed by atoms with Gasteiger partial charge in [0.05, 0.1) is 0 Å². The van der Waals surface area contributed by atoms with E-state index in [1.54, 1.807) is 17.5 Å². The minimum absolute atomic E-state index is 0.124. The Kier molecular flexibility index (Phi) is 6.68. The highest BCUT2D eigenvalue weighted by atomic mass is 32.2. The summed E-state index contributed by atoms with van der Waals surface area (Å²) in [7, 11) is 0. The van der Waals surface area contributed by atoms with Crippen LogP contribution in [0.1, 0.15) is 11.0 Å². The average Bonchev–Trinajstić information content (AvgIpc) is 3.46. The third-order valence-corrected chi connectivity index (χ3v) is 8.08. The van der Waals surface area contributed by atoms with Crippen LogP contribution < -0.4 is 5.32 Å². The van der Waals surface area contributed by atoms with Crippen molar-refractivity contribution < 1.29 is 34.5 Å². The second-order valence-corrected chi connectivity index (χ2v) is 9.90. The number of carbonyl (C=O) groups is 4. The summed E-state index contributed by atoms with van der Waals surface area (Å²) >= 11 is 3.54. The molecule has 3 atom stereocenters. The average molecular weight is 513 g/mol. The normalized spacial score (nSPS) is 20.8. The number of tetrazole rings is 1. The predicted octanol–water partition coefficient (Wildman–Crippen LogP) is -0.617. The first-order chi connectivity index (χ1) is 15.8. The van der Waals surface area contributed by atoms with Gasteiger partial charge in [0.2, 0.25) is 5.16 Å². The molecular formula is C17H16N6O7S3. The number of aliphatic hydroxyl groups is 1. The van der Waals surface area contributed by atoms with Gasteiger partial charge in [0.15, 0.2) is 6.10 Å². The first-order valence-corrected chi connectivity index (χ1v) is 12.2. The summed E-state index contributed by atoms with van der Waals surface area (Å²) in [6, 6.07) is 2.33. The Balaban J connectivity index is 1.45. The molecule has 174 valence electrons. The number of nitrogens with zero attached hydrogens (tertiary/aromatic N) is 5. The van der Waals surface area contributed by atoms with Crippen LogP contribution in [0, 0.1) is 0 Å². The van der Waals surface area contributed by atoms with E-state index in [4.69, 9.17) is 5.11 Å². The summed E-state index contributed by atoms with van der Waals surface area (Å²) in [5.41, 5.74) is 0.258. The Morgan fingerprint density at radius 1 is 1.33 bits per heavy atom. The lowest BCUT2D eigenvalue weighted by Gasteiger charge is -2.49. The number of aromatic nitrogens is 4. The fourth-order valence-electron chi connectivity index (χ4n) is 3.28. The number of carboxylic acids is 2. The zero-order chi connectivity index (χ0) is 23.7. The van der Waals surface area contributed by atoms with E-state index in [0.29, 0.717) is 10.5 Å². The number of hydrogen-bond donors (Lipinski definition) is 4. The fourth-order valence-corrected chi connectivity index (χ4v) is 6.35. The van der Waals surface area contributed by atoms with Crippen molar-refractivity contribution in [3.63, 3.8) is 0 Å². The second-order valence-electron chi connectivity index (χ2n) is 6.87. The molecule has 0 spiro atoms. The van der Waals surface area contributed by atoms with E-state index in [1.807, 2.05) is 0 Å². The van der Waals surface area contributed by atoms with E-state index >= 15 is 0 Å². The lowest BCUT2D eigenvalue weighted by molar-refractivity contribution is -0.151. The molecule has 2 aromatic rings. The van der Waals surface area contributed by atoms with Crippen molar-refractivity contribution in [2.45, 2.75) is 29.2 Å². The molecule has 16 heteroatoms. The molecular weight excluding hydrogens is 496 g/mol. The molecule has 2 aliphatic heterocycles. The number of fused-ring (bicyclic) bond motifs is 1. The van der Waals surface area contributed by atoms with Crippen LogP contribution in [-0.4, -0.2) is 87.1 Å². The van der Waals surface area contributed by atoms with Gasteiger partial charge in [-0.05, 0) is 27.4 Å². The van der Waals surface area contributed by atoms with Crippen LogP contribution in [0.15, 0.2) is 33.9 Å². The van der Waals surface area contributed by atoms with Gasteiger partial charge in [0.1, 0.15) is 23.7 Å². The minimum atomic E-state index is -1.42. The van der Waals surface area contributed by atoms with Gasteiger partial charge in [-0.3, -0.25) is 19.3 Å². The van der Waals surface area contributed by atoms with Gasteiger partial charge < -0.3 is 20.6 Å². The smallest absolute Gasteiger partial charge is 0.352 e. The number of β-lactam (4-membered cyclic amide) rings is 1. The van der Waals surface area contributed by atoms with E-state index in [9.17, 15) is 29.4 Å². The number of rotatable bonds is 9. The molecule has 33 heavy (non-hydrogen) atoms. The van der Waals surface area contributed by atoms with Crippen LogP contribution in [-0.2, 0) is 25.7 Å². The van der Waals surface area contributed by atoms with E-state index < -0.39 is 47.8 Å². The largest absolute Gasteiger partial charge is 0.480 e. The Hall–Kier alpha value is -2.95. The number of carbonyl (C=O) groups excluding carboxylic acids is 2. The fraction of sp³-hybridized carbons (Fsp3) is 0.353. The van der Waals surface area contributed by atoms with Crippen molar-refractivity contribution in [3.05, 3.63) is 33.7 Å². The van der Waals surface area contributed by atoms with Crippen LogP contribution in [0.5, 0.6) is 0 Å². The summed E-state index contributed by atoms with van der Waals surface area (Å²) in [5.74, 6) is -3.35. The predicted molar refractivity (Wildman–Crippen MR) is 115 cm³/mol. The highest BCUT2D eigenvalue weighted by Crippen LogP contribution is 2.41. The Bertz CT molecular complexity index is 1130. The SMILES string of the molecule is O=C(O)Cn1nnnc1SCC1=C(C(=O)O)N2C(=O)C(NC(=O)C(O)c3cccs3)[C@H]2SC1. The molecule has 0 aromatic carbocycles. The number of hydrogen-bond acceptors (Lipinski definition) is 11. The van der Waals surface area contributed by atoms with Crippen molar-refractivity contribution in [2.75, 3.05) is 11.5 Å². The number of carboxylic acid groups (broad SMARTS) is 2. The zero-order valence-corrected chi connectivity index (χ0v) is 19.0. The number of thioether (sulfide) groups is 2. The van der Waals surface area contributed by atoms with E-state index in [1.165, 1.54) is 23.1 Å². The van der Waals surface area contributed by atoms with Crippen LogP contribution in [0.4, 0.5) is 0 Å². The van der Waals surface area contributed by atoms with Crippen molar-refractivity contribution in [1.82, 2.24) is 30.4 Å². The first kappa shape index (κ1) is 23.2. The molecule has 1 fully saturated rings. The number of aliphatic carboxylic acids is 2. The quantitative estimate of drug-likeness (QED) is 0.247. The van der Waals surface area contributed by atoms with Crippen LogP contribution in [0.25, 0.3) is 0 Å². The van der Waals surface area contributed by atoms with Crippen molar-refractivity contribution in [1.29, 1.82) is 0 Å². The molecule has 4 N–H and O–H groups in total. The number of aliphatic hydroxyl groups excluding tert-OH is 1. The molecule has 0 aliphatic carbocycles. The molecule has 4 rings (SSSR count). The molecule has 2 unspecified atom stereocenters. The van der Waals surface area contributed by atoms with Gasteiger partial charge in [0.25, 0.3) is 11.8 Å². The van der Waals surface area contributed by atoms with Crippen LogP contribution in [0.3, 0.4) is 0 Å². The Morgan fingerprint density at radius 3 is 2.79 bits per heavy atom. The molecule has 2 amide bonds. The Labute approximate surface area is 197 Å². The lowest BCUT2D eigenvalue weighted by Crippen LogP contribution is -2.70. The maximum atomic E-state index is 12.7. The van der Waals surface area contributed by atoms with E-state index in [2.05, 4.69) is 20.8 Å². The van der Waals surface area contributed by atoms with Gasteiger partial charge in [-0.25, -0.2) is 9.48 Å². The lowest BCUT2D eigenvalue weighted by atomic mass is 10.0. The van der Waals surface area contributed by atoms with Gasteiger partial charge in [-0.15, -0.1) is 28.2 Å². The molecule has 4 heterocycles. The summed E-state index contributed by atoms with van der Waals surface area (Å²) in [6.45, 7) is -0.444. The van der Waals surface area contributed by atoms with Crippen molar-refractivity contribution in [3.8, 4) is 0 Å². The minimum Gasteiger partial charge on any atom is -0.480 e. The maximum Gasteiger partial charge on any atom is 0.352 e. The molecule has 0 radical (unpaired) electrons. The molecule has 2 aromatic heterocycles. The highest BCUT2D eigenvalue weighted by Gasteiger charge is 2.54. The van der Waals surface area contributed by atoms with Gasteiger partial charge in [0, 0.05) is 16.4 Å². The number of thiophene rings is 1. The Morgan fingerprint density at radius 2 is 2.12 bits per heavy atom. The first-order valence-electron chi connectivity index (χ1n) is 9.30. The summed E-state index contributed by atoms with van der Waals surface area (Å²) in [5, 5.41) is 43.4. The third kappa shape index (κ3) is 4.59. The topological polar surface area (TPSA) is 188 Å². The van der Waals surface area contributed by atoms with Gasteiger partial charge >= 0.3 is 11.9 Å². The summed E-state index contributed by atoms with van der Waals surface area (Å²) in [4.78, 5) is 49.5. The summed E-state index contributed by atoms with van der Waals surface area (Å²) < 4.78 is 1.08. The number of nitrogens with one attached hydrogen (secondary N) is 1. The monoisotopic (exact) mass is 512 g/mol. The standard InChI is InChI=1S/C17H16N6O7S3/c24-9(25)4-22-17(19-20-21-22)33-6-7-5-32-15-10(14(28)23(15)11(7)16(29)30)18-13(27)12(26)8-2-1-3-31-8/h1-3,10,12,15,26H,4-6H2,(H,18,27)(H,24,25)(H,29,30)/t10?,12?,15-/m1/s1.